The van der Waals surface area contributed by atoms with Crippen LogP contribution in [0.25, 0.3) is 0 Å². The van der Waals surface area contributed by atoms with E-state index in [0.29, 0.717) is 0 Å². The first kappa shape index (κ1) is 7.42. The summed E-state index contributed by atoms with van der Waals surface area (Å²) in [5, 5.41) is 4.25. The quantitative estimate of drug-likeness (QED) is 0.636. The van der Waals surface area contributed by atoms with Crippen molar-refractivity contribution in [3.8, 4) is 0 Å². The summed E-state index contributed by atoms with van der Waals surface area (Å²) in [6.07, 6.45) is 4.00. The zero-order chi connectivity index (χ0) is 6.53. The van der Waals surface area contributed by atoms with Gasteiger partial charge in [-0.05, 0) is 25.1 Å². The Morgan fingerprint density at radius 3 is 3.11 bits per heavy atom. The molecule has 0 radical (unpaired) electrons. The van der Waals surface area contributed by atoms with Crippen LogP contribution in [0.4, 0.5) is 0 Å². The highest BCUT2D eigenvalue weighted by Gasteiger charge is 2.10. The van der Waals surface area contributed by atoms with E-state index in [1.807, 2.05) is 0 Å². The van der Waals surface area contributed by atoms with Gasteiger partial charge >= 0.3 is 0 Å². The van der Waals surface area contributed by atoms with Crippen LogP contribution < -0.4 is 5.32 Å². The van der Waals surface area contributed by atoms with Crippen LogP contribution in [-0.2, 0) is 0 Å². The molecule has 0 saturated carbocycles. The largest absolute Gasteiger partial charge is 0.305 e. The topological polar surface area (TPSA) is 12.0 Å². The van der Waals surface area contributed by atoms with E-state index in [4.69, 9.17) is 0 Å². The molecule has 54 valence electrons. The molecule has 0 bridgehead atoms. The van der Waals surface area contributed by atoms with Gasteiger partial charge in [0.2, 0.25) is 0 Å². The smallest absolute Gasteiger partial charge is 0.0532 e. The zero-order valence-electron chi connectivity index (χ0n) is 6.02. The Hall–Kier alpha value is 0.310. The Morgan fingerprint density at radius 2 is 2.56 bits per heavy atom. The molecule has 1 aliphatic rings. The summed E-state index contributed by atoms with van der Waals surface area (Å²) in [6.45, 7) is 3.48. The van der Waals surface area contributed by atoms with Crippen molar-refractivity contribution in [3.05, 3.63) is 0 Å². The summed E-state index contributed by atoms with van der Waals surface area (Å²) in [6, 6.07) is 0. The lowest BCUT2D eigenvalue weighted by Crippen LogP contribution is -2.31. The number of nitrogens with one attached hydrogen (secondary N) is 1. The van der Waals surface area contributed by atoms with Gasteiger partial charge in [-0.1, -0.05) is 13.3 Å². The van der Waals surface area contributed by atoms with Crippen molar-refractivity contribution in [2.24, 2.45) is 0 Å². The average molecular weight is 145 g/mol. The highest BCUT2D eigenvalue weighted by molar-refractivity contribution is 7.99. The first-order chi connectivity index (χ1) is 4.43. The van der Waals surface area contributed by atoms with Gasteiger partial charge in [0.1, 0.15) is 0 Å². The predicted molar refractivity (Wildman–Crippen MR) is 43.8 cm³/mol. The molecule has 1 N–H and O–H groups in total. The first-order valence-corrected chi connectivity index (χ1v) is 4.83. The fourth-order valence-corrected chi connectivity index (χ4v) is 2.30. The van der Waals surface area contributed by atoms with Crippen molar-refractivity contribution in [1.82, 2.24) is 5.32 Å². The molecular weight excluding hydrogens is 130 g/mol. The lowest BCUT2D eigenvalue weighted by Gasteiger charge is -2.21. The third-order valence-electron chi connectivity index (χ3n) is 1.56. The summed E-state index contributed by atoms with van der Waals surface area (Å²) in [7, 11) is 0. The van der Waals surface area contributed by atoms with Crippen LogP contribution in [0, 0.1) is 0 Å². The maximum Gasteiger partial charge on any atom is 0.0532 e. The SMILES string of the molecule is CCC[C@@H]1NCCCS1. The van der Waals surface area contributed by atoms with Crippen LogP contribution in [0.2, 0.25) is 0 Å². The molecule has 1 aliphatic heterocycles. The summed E-state index contributed by atoms with van der Waals surface area (Å²) in [5.41, 5.74) is 0. The molecule has 0 aliphatic carbocycles. The van der Waals surface area contributed by atoms with E-state index in [-0.39, 0.29) is 0 Å². The Balaban J connectivity index is 2.08. The van der Waals surface area contributed by atoms with E-state index in [9.17, 15) is 0 Å². The normalized spacial score (nSPS) is 28.3. The van der Waals surface area contributed by atoms with Crippen molar-refractivity contribution in [2.45, 2.75) is 31.6 Å². The van der Waals surface area contributed by atoms with Gasteiger partial charge in [-0.2, -0.15) is 0 Å². The fourth-order valence-electron chi connectivity index (χ4n) is 1.07. The molecule has 1 saturated heterocycles. The molecule has 0 unspecified atom stereocenters. The van der Waals surface area contributed by atoms with Gasteiger partial charge in [0.15, 0.2) is 0 Å². The molecule has 1 atom stereocenters. The van der Waals surface area contributed by atoms with E-state index >= 15 is 0 Å². The van der Waals surface area contributed by atoms with Gasteiger partial charge in [-0.25, -0.2) is 0 Å². The molecule has 0 aromatic rings. The molecule has 1 nitrogen and oxygen atoms in total. The van der Waals surface area contributed by atoms with Crippen molar-refractivity contribution in [2.75, 3.05) is 12.3 Å². The van der Waals surface area contributed by atoms with Gasteiger partial charge in [0, 0.05) is 0 Å². The summed E-state index contributed by atoms with van der Waals surface area (Å²) in [5.74, 6) is 1.36. The van der Waals surface area contributed by atoms with Gasteiger partial charge in [-0.3, -0.25) is 0 Å². The predicted octanol–water partition coefficient (Wildman–Crippen LogP) is 1.84. The van der Waals surface area contributed by atoms with Crippen LogP contribution >= 0.6 is 11.8 Å². The van der Waals surface area contributed by atoms with Crippen molar-refractivity contribution < 1.29 is 0 Å². The second-order valence-corrected chi connectivity index (χ2v) is 3.77. The lowest BCUT2D eigenvalue weighted by atomic mass is 10.3. The number of hydrogen-bond donors (Lipinski definition) is 1. The van der Waals surface area contributed by atoms with Crippen LogP contribution in [0.15, 0.2) is 0 Å². The first-order valence-electron chi connectivity index (χ1n) is 3.78. The Kier molecular flexibility index (Phi) is 3.44. The van der Waals surface area contributed by atoms with Crippen LogP contribution in [0.5, 0.6) is 0 Å². The summed E-state index contributed by atoms with van der Waals surface area (Å²) >= 11 is 2.08. The van der Waals surface area contributed by atoms with Crippen molar-refractivity contribution >= 4 is 11.8 Å². The summed E-state index contributed by atoms with van der Waals surface area (Å²) in [4.78, 5) is 0. The highest BCUT2D eigenvalue weighted by atomic mass is 32.2. The van der Waals surface area contributed by atoms with E-state index in [1.54, 1.807) is 0 Å². The third kappa shape index (κ3) is 2.59. The molecule has 0 aromatic heterocycles. The number of hydrogen-bond acceptors (Lipinski definition) is 2. The van der Waals surface area contributed by atoms with E-state index in [2.05, 4.69) is 24.0 Å². The highest BCUT2D eigenvalue weighted by Crippen LogP contribution is 2.17. The molecule has 0 spiro atoms. The molecule has 1 heterocycles. The molecule has 0 aromatic carbocycles. The minimum Gasteiger partial charge on any atom is -0.305 e. The molecule has 2 heteroatoms. The average Bonchev–Trinajstić information content (AvgIpc) is 1.91. The monoisotopic (exact) mass is 145 g/mol. The molecule has 9 heavy (non-hydrogen) atoms. The van der Waals surface area contributed by atoms with Crippen molar-refractivity contribution in [1.29, 1.82) is 0 Å². The molecule has 1 fully saturated rings. The minimum atomic E-state index is 0.767. The van der Waals surface area contributed by atoms with E-state index < -0.39 is 0 Å². The van der Waals surface area contributed by atoms with Crippen molar-refractivity contribution in [3.63, 3.8) is 0 Å². The third-order valence-corrected chi connectivity index (χ3v) is 2.89. The Morgan fingerprint density at radius 1 is 1.67 bits per heavy atom. The molecule has 0 amide bonds. The van der Waals surface area contributed by atoms with Gasteiger partial charge in [0.05, 0.1) is 5.37 Å². The Labute approximate surface area is 61.6 Å². The lowest BCUT2D eigenvalue weighted by molar-refractivity contribution is 0.581. The summed E-state index contributed by atoms with van der Waals surface area (Å²) < 4.78 is 0. The van der Waals surface area contributed by atoms with Gasteiger partial charge in [-0.15, -0.1) is 11.8 Å². The maximum atomic E-state index is 3.48. The van der Waals surface area contributed by atoms with Crippen LogP contribution in [-0.4, -0.2) is 17.7 Å². The zero-order valence-corrected chi connectivity index (χ0v) is 6.84. The fraction of sp³-hybridized carbons (Fsp3) is 1.00. The minimum absolute atomic E-state index is 0.767. The standard InChI is InChI=1S/C7H15NS/c1-2-4-7-8-5-3-6-9-7/h7-8H,2-6H2,1H3/t7-/m1/s1. The van der Waals surface area contributed by atoms with Gasteiger partial charge in [0.25, 0.3) is 0 Å². The molecule has 1 rings (SSSR count). The number of thioether (sulfide) groups is 1. The van der Waals surface area contributed by atoms with Crippen LogP contribution in [0.1, 0.15) is 26.2 Å². The second-order valence-electron chi connectivity index (χ2n) is 2.46. The second kappa shape index (κ2) is 4.18. The maximum absolute atomic E-state index is 3.48. The van der Waals surface area contributed by atoms with E-state index in [1.165, 1.54) is 31.6 Å². The van der Waals surface area contributed by atoms with Gasteiger partial charge < -0.3 is 5.32 Å². The number of rotatable bonds is 2. The van der Waals surface area contributed by atoms with Crippen LogP contribution in [0.3, 0.4) is 0 Å². The molecular formula is C7H15NS. The Bertz CT molecular complexity index is 66.6. The van der Waals surface area contributed by atoms with E-state index in [0.717, 1.165) is 5.37 Å².